The fourth-order valence-corrected chi connectivity index (χ4v) is 3.17. The number of carbonyl (C=O) groups is 1. The highest BCUT2D eigenvalue weighted by molar-refractivity contribution is 5.87. The van der Waals surface area contributed by atoms with E-state index in [0.29, 0.717) is 11.5 Å². The molecule has 0 bridgehead atoms. The van der Waals surface area contributed by atoms with Crippen molar-refractivity contribution in [3.8, 4) is 0 Å². The van der Waals surface area contributed by atoms with Crippen molar-refractivity contribution in [1.29, 1.82) is 0 Å². The quantitative estimate of drug-likeness (QED) is 0.889. The molecule has 1 aromatic carbocycles. The molecule has 3 nitrogen and oxygen atoms in total. The Morgan fingerprint density at radius 2 is 1.91 bits per heavy atom. The molecule has 1 N–H and O–H groups in total. The maximum atomic E-state index is 14.0. The minimum atomic E-state index is -0.820. The zero-order chi connectivity index (χ0) is 16.2. The van der Waals surface area contributed by atoms with Gasteiger partial charge in [-0.05, 0) is 51.8 Å². The first-order valence-corrected chi connectivity index (χ1v) is 8.22. The fraction of sp³-hybridized carbons (Fsp3) is 0.611. The first kappa shape index (κ1) is 19.9. The van der Waals surface area contributed by atoms with Crippen LogP contribution in [0.1, 0.15) is 39.2 Å². The lowest BCUT2D eigenvalue weighted by molar-refractivity contribution is -0.137. The Kier molecular flexibility index (Phi) is 7.49. The summed E-state index contributed by atoms with van der Waals surface area (Å²) >= 11 is 0. The number of nitrogens with zero attached hydrogens (tertiary/aromatic N) is 1. The van der Waals surface area contributed by atoms with E-state index < -0.39 is 5.41 Å². The van der Waals surface area contributed by atoms with Gasteiger partial charge in [0.1, 0.15) is 5.82 Å². The molecule has 0 aliphatic carbocycles. The van der Waals surface area contributed by atoms with Gasteiger partial charge in [0.25, 0.3) is 0 Å². The molecule has 0 unspecified atom stereocenters. The third-order valence-corrected chi connectivity index (χ3v) is 4.67. The predicted octanol–water partition coefficient (Wildman–Crippen LogP) is 3.37. The summed E-state index contributed by atoms with van der Waals surface area (Å²) in [6.45, 7) is 9.29. The van der Waals surface area contributed by atoms with E-state index in [1.54, 1.807) is 18.2 Å². The Morgan fingerprint density at radius 3 is 2.48 bits per heavy atom. The van der Waals surface area contributed by atoms with Gasteiger partial charge in [-0.1, -0.05) is 25.1 Å². The molecule has 0 radical (unpaired) electrons. The van der Waals surface area contributed by atoms with Crippen LogP contribution in [-0.2, 0) is 10.2 Å². The summed E-state index contributed by atoms with van der Waals surface area (Å²) in [5.41, 5.74) is -0.338. The molecule has 1 heterocycles. The Bertz CT molecular complexity index is 513. The van der Waals surface area contributed by atoms with E-state index in [1.807, 2.05) is 18.7 Å². The molecule has 1 fully saturated rings. The van der Waals surface area contributed by atoms with E-state index in [0.717, 1.165) is 39.0 Å². The third-order valence-electron chi connectivity index (χ3n) is 4.67. The molecule has 1 saturated heterocycles. The molecule has 1 aromatic rings. The third kappa shape index (κ3) is 4.67. The molecule has 23 heavy (non-hydrogen) atoms. The van der Waals surface area contributed by atoms with Gasteiger partial charge in [-0.3, -0.25) is 4.79 Å². The summed E-state index contributed by atoms with van der Waals surface area (Å²) < 4.78 is 14.0. The van der Waals surface area contributed by atoms with Crippen molar-refractivity contribution in [2.45, 2.75) is 39.0 Å². The molecule has 0 spiro atoms. The highest BCUT2D eigenvalue weighted by Crippen LogP contribution is 2.29. The van der Waals surface area contributed by atoms with Crippen LogP contribution in [0.2, 0.25) is 0 Å². The van der Waals surface area contributed by atoms with Gasteiger partial charge in [-0.15, -0.1) is 12.4 Å². The molecular weight excluding hydrogens is 315 g/mol. The second-order valence-electron chi connectivity index (χ2n) is 6.65. The summed E-state index contributed by atoms with van der Waals surface area (Å²) in [5, 5.41) is 3.37. The van der Waals surface area contributed by atoms with Crippen LogP contribution < -0.4 is 5.32 Å². The monoisotopic (exact) mass is 342 g/mol. The largest absolute Gasteiger partial charge is 0.342 e. The molecule has 0 aromatic heterocycles. The maximum absolute atomic E-state index is 14.0. The lowest BCUT2D eigenvalue weighted by atomic mass is 9.82. The molecule has 2 rings (SSSR count). The van der Waals surface area contributed by atoms with Crippen LogP contribution in [0.15, 0.2) is 24.3 Å². The molecule has 0 saturated carbocycles. The Morgan fingerprint density at radius 1 is 1.30 bits per heavy atom. The average molecular weight is 343 g/mol. The fourth-order valence-electron chi connectivity index (χ4n) is 3.17. The summed E-state index contributed by atoms with van der Waals surface area (Å²) in [5.74, 6) is 0.364. The Hall–Kier alpha value is -1.13. The van der Waals surface area contributed by atoms with Gasteiger partial charge >= 0.3 is 0 Å². The Balaban J connectivity index is 0.00000264. The summed E-state index contributed by atoms with van der Waals surface area (Å²) in [7, 11) is 0. The highest BCUT2D eigenvalue weighted by Gasteiger charge is 2.36. The van der Waals surface area contributed by atoms with Crippen LogP contribution in [0.25, 0.3) is 0 Å². The number of carbonyl (C=O) groups excluding carboxylic acids is 1. The summed E-state index contributed by atoms with van der Waals surface area (Å²) in [4.78, 5) is 14.7. The maximum Gasteiger partial charge on any atom is 0.232 e. The van der Waals surface area contributed by atoms with Crippen molar-refractivity contribution in [2.24, 2.45) is 5.92 Å². The van der Waals surface area contributed by atoms with Crippen molar-refractivity contribution in [3.63, 3.8) is 0 Å². The van der Waals surface area contributed by atoms with E-state index in [9.17, 15) is 9.18 Å². The van der Waals surface area contributed by atoms with Gasteiger partial charge in [-0.25, -0.2) is 4.39 Å². The van der Waals surface area contributed by atoms with Crippen molar-refractivity contribution in [3.05, 3.63) is 35.6 Å². The van der Waals surface area contributed by atoms with Crippen molar-refractivity contribution < 1.29 is 9.18 Å². The Labute approximate surface area is 145 Å². The lowest BCUT2D eigenvalue weighted by Gasteiger charge is -2.37. The predicted molar refractivity (Wildman–Crippen MR) is 94.5 cm³/mol. The SMILES string of the molecule is CCNCC1CCN(C(=O)C(C)(C)c2ccccc2F)CC1.Cl. The van der Waals surface area contributed by atoms with Crippen LogP contribution in [0, 0.1) is 11.7 Å². The number of halogens is 2. The van der Waals surface area contributed by atoms with Crippen LogP contribution in [0.3, 0.4) is 0 Å². The molecule has 130 valence electrons. The second-order valence-corrected chi connectivity index (χ2v) is 6.65. The summed E-state index contributed by atoms with van der Waals surface area (Å²) in [6.07, 6.45) is 2.04. The molecule has 1 aliphatic rings. The first-order valence-electron chi connectivity index (χ1n) is 8.22. The first-order chi connectivity index (χ1) is 10.5. The van der Waals surface area contributed by atoms with Crippen LogP contribution in [0.4, 0.5) is 4.39 Å². The van der Waals surface area contributed by atoms with Crippen molar-refractivity contribution >= 4 is 18.3 Å². The highest BCUT2D eigenvalue weighted by atomic mass is 35.5. The van der Waals surface area contributed by atoms with Crippen molar-refractivity contribution in [1.82, 2.24) is 10.2 Å². The molecule has 0 atom stereocenters. The normalized spacial score (nSPS) is 16.1. The smallest absolute Gasteiger partial charge is 0.232 e. The summed E-state index contributed by atoms with van der Waals surface area (Å²) in [6, 6.07) is 6.58. The zero-order valence-electron chi connectivity index (χ0n) is 14.3. The van der Waals surface area contributed by atoms with Crippen molar-refractivity contribution in [2.75, 3.05) is 26.2 Å². The lowest BCUT2D eigenvalue weighted by Crippen LogP contribution is -2.48. The average Bonchev–Trinajstić information content (AvgIpc) is 2.53. The van der Waals surface area contributed by atoms with E-state index in [4.69, 9.17) is 0 Å². The van der Waals surface area contributed by atoms with Crippen LogP contribution in [0.5, 0.6) is 0 Å². The number of hydrogen-bond acceptors (Lipinski definition) is 2. The number of piperidine rings is 1. The van der Waals surface area contributed by atoms with E-state index in [-0.39, 0.29) is 24.1 Å². The number of likely N-dealkylation sites (tertiary alicyclic amines) is 1. The zero-order valence-corrected chi connectivity index (χ0v) is 15.1. The van der Waals surface area contributed by atoms with Gasteiger partial charge in [0.15, 0.2) is 0 Å². The van der Waals surface area contributed by atoms with E-state index in [1.165, 1.54) is 6.07 Å². The standard InChI is InChI=1S/C18H27FN2O.ClH/c1-4-20-13-14-9-11-21(12-10-14)17(22)18(2,3)15-7-5-6-8-16(15)19;/h5-8,14,20H,4,9-13H2,1-3H3;1H. The van der Waals surface area contributed by atoms with Gasteiger partial charge in [0, 0.05) is 18.7 Å². The van der Waals surface area contributed by atoms with Crippen LogP contribution in [-0.4, -0.2) is 37.0 Å². The number of rotatable bonds is 5. The van der Waals surface area contributed by atoms with Gasteiger partial charge in [0.2, 0.25) is 5.91 Å². The van der Waals surface area contributed by atoms with E-state index >= 15 is 0 Å². The van der Waals surface area contributed by atoms with Gasteiger partial charge in [0.05, 0.1) is 5.41 Å². The number of amides is 1. The van der Waals surface area contributed by atoms with E-state index in [2.05, 4.69) is 12.2 Å². The molecule has 1 aliphatic heterocycles. The second kappa shape index (κ2) is 8.65. The van der Waals surface area contributed by atoms with Crippen LogP contribution >= 0.6 is 12.4 Å². The number of hydrogen-bond donors (Lipinski definition) is 1. The minimum absolute atomic E-state index is 0. The minimum Gasteiger partial charge on any atom is -0.342 e. The number of nitrogens with one attached hydrogen (secondary N) is 1. The molecule has 5 heteroatoms. The molecule has 1 amide bonds. The number of benzene rings is 1. The molecular formula is C18H28ClFN2O. The van der Waals surface area contributed by atoms with Gasteiger partial charge in [-0.2, -0.15) is 0 Å². The topological polar surface area (TPSA) is 32.3 Å². The van der Waals surface area contributed by atoms with Gasteiger partial charge < -0.3 is 10.2 Å².